The molecule has 8 fully saturated rings. The average molecular weight is 557 g/mol. The molecule has 11 nitrogen and oxygen atoms in total. The van der Waals surface area contributed by atoms with Crippen molar-refractivity contribution in [2.75, 3.05) is 0 Å². The van der Waals surface area contributed by atoms with Crippen LogP contribution in [0.1, 0.15) is 53.9 Å². The van der Waals surface area contributed by atoms with Crippen LogP contribution in [-0.2, 0) is 38.1 Å². The van der Waals surface area contributed by atoms with Crippen molar-refractivity contribution in [3.8, 4) is 0 Å². The third kappa shape index (κ3) is 1.99. The Kier molecular flexibility index (Phi) is 3.75. The van der Waals surface area contributed by atoms with Crippen LogP contribution in [0.25, 0.3) is 0 Å². The van der Waals surface area contributed by atoms with Crippen LogP contribution in [0.4, 0.5) is 0 Å². The summed E-state index contributed by atoms with van der Waals surface area (Å²) in [6.07, 6.45) is -0.374. The van der Waals surface area contributed by atoms with Gasteiger partial charge in [0.1, 0.15) is 17.5 Å². The van der Waals surface area contributed by atoms with E-state index in [-0.39, 0.29) is 36.9 Å². The average Bonchev–Trinajstić information content (AvgIpc) is 3.10. The Balaban J connectivity index is 1.31. The third-order valence-electron chi connectivity index (χ3n) is 12.7. The van der Waals surface area contributed by atoms with Crippen molar-refractivity contribution in [1.82, 2.24) is 0 Å². The Morgan fingerprint density at radius 1 is 1.05 bits per heavy atom. The van der Waals surface area contributed by atoms with Crippen LogP contribution in [0.3, 0.4) is 0 Å². The molecule has 2 saturated carbocycles. The first-order chi connectivity index (χ1) is 18.5. The van der Waals surface area contributed by atoms with Gasteiger partial charge in [-0.1, -0.05) is 13.8 Å². The largest absolute Gasteiger partial charge is 0.450 e. The number of hydrogen-bond acceptors (Lipinski definition) is 11. The van der Waals surface area contributed by atoms with Crippen LogP contribution in [0.2, 0.25) is 0 Å². The lowest BCUT2D eigenvalue weighted by molar-refractivity contribution is -0.393. The quantitative estimate of drug-likeness (QED) is 0.355. The fourth-order valence-corrected chi connectivity index (χ4v) is 11.3. The molecule has 0 aromatic heterocycles. The van der Waals surface area contributed by atoms with E-state index in [1.165, 1.54) is 0 Å². The number of Topliss-reactive ketones (excluding diaryl/α,β-unsaturated/α-hetero) is 1. The second kappa shape index (κ2) is 6.14. The molecule has 4 bridgehead atoms. The fourth-order valence-electron chi connectivity index (χ4n) is 11.3. The summed E-state index contributed by atoms with van der Waals surface area (Å²) < 4.78 is 30.8. The van der Waals surface area contributed by atoms with Crippen LogP contribution < -0.4 is 0 Å². The number of cyclic esters (lactones) is 1. The van der Waals surface area contributed by atoms with Crippen molar-refractivity contribution in [2.45, 2.75) is 100 Å². The fraction of sp³-hybridized carbons (Fsp3) is 0.759. The topological polar surface area (TPSA) is 158 Å². The van der Waals surface area contributed by atoms with Crippen molar-refractivity contribution < 1.29 is 53.4 Å². The number of ketones is 1. The van der Waals surface area contributed by atoms with Gasteiger partial charge in [0.25, 0.3) is 0 Å². The van der Waals surface area contributed by atoms with Gasteiger partial charge in [0, 0.05) is 34.8 Å². The maximum absolute atomic E-state index is 14.3. The summed E-state index contributed by atoms with van der Waals surface area (Å²) in [6.45, 7) is 9.05. The molecule has 2 spiro atoms. The summed E-state index contributed by atoms with van der Waals surface area (Å²) in [5.41, 5.74) is -6.43. The Labute approximate surface area is 229 Å². The third-order valence-corrected chi connectivity index (χ3v) is 12.7. The van der Waals surface area contributed by atoms with E-state index >= 15 is 0 Å². The van der Waals surface area contributed by atoms with E-state index < -0.39 is 87.1 Å². The minimum absolute atomic E-state index is 0.117. The normalized spacial score (nSPS) is 62.9. The summed E-state index contributed by atoms with van der Waals surface area (Å²) in [6, 6.07) is 0. The van der Waals surface area contributed by atoms with Gasteiger partial charge >= 0.3 is 11.9 Å². The number of hydrogen-bond donors (Lipinski definition) is 3. The molecule has 13 atom stereocenters. The molecule has 6 saturated heterocycles. The molecule has 11 heteroatoms. The predicted molar refractivity (Wildman–Crippen MR) is 128 cm³/mol. The molecule has 214 valence electrons. The van der Waals surface area contributed by atoms with E-state index in [4.69, 9.17) is 23.7 Å². The number of carbonyl (C=O) groups is 3. The highest BCUT2D eigenvalue weighted by Crippen LogP contribution is 2.85. The number of carbonyl (C=O) groups excluding carboxylic acids is 3. The number of allylic oxidation sites excluding steroid dienone is 1. The summed E-state index contributed by atoms with van der Waals surface area (Å²) in [4.78, 5) is 39.4. The molecule has 9 rings (SSSR count). The monoisotopic (exact) mass is 556 g/mol. The molecule has 0 radical (unpaired) electrons. The lowest BCUT2D eigenvalue weighted by Gasteiger charge is -2.53. The van der Waals surface area contributed by atoms with Gasteiger partial charge in [-0.25, -0.2) is 4.79 Å². The highest BCUT2D eigenvalue weighted by Gasteiger charge is 2.98. The summed E-state index contributed by atoms with van der Waals surface area (Å²) >= 11 is 0. The zero-order chi connectivity index (χ0) is 28.4. The van der Waals surface area contributed by atoms with E-state index in [1.807, 2.05) is 27.7 Å². The standard InChI is InChI=1S/C29H32O11/c1-10-6-12(36-22(10)32)17-11(2)18-20-24(18,5)25(17,33)9-26-19(21(31)28(20,34)40-26)13-7-14-23(3,4)38-15-8-16(30)39-27(14,15)29(26,35)37-13/h6,11,13-15,18-20,33-35H,7-9H2,1-5H3/b17-12-/t11-,13+,14+,15-,18-,19+,20?,24-,25+,26-,27-,28+,29+/m1/s1. The first kappa shape index (κ1) is 24.4. The Bertz CT molecular complexity index is 1460. The molecule has 2 aliphatic carbocycles. The van der Waals surface area contributed by atoms with Crippen LogP contribution in [-0.4, -0.2) is 79.2 Å². The van der Waals surface area contributed by atoms with Crippen molar-refractivity contribution in [3.63, 3.8) is 0 Å². The van der Waals surface area contributed by atoms with Gasteiger partial charge in [0.2, 0.25) is 23.0 Å². The maximum Gasteiger partial charge on any atom is 0.339 e. The first-order valence-corrected chi connectivity index (χ1v) is 14.2. The van der Waals surface area contributed by atoms with E-state index in [9.17, 15) is 29.7 Å². The summed E-state index contributed by atoms with van der Waals surface area (Å²) in [5.74, 6) is -9.25. The van der Waals surface area contributed by atoms with Crippen molar-refractivity contribution in [2.24, 2.45) is 35.0 Å². The molecule has 40 heavy (non-hydrogen) atoms. The van der Waals surface area contributed by atoms with E-state index in [0.717, 1.165) is 0 Å². The van der Waals surface area contributed by atoms with Gasteiger partial charge in [-0.2, -0.15) is 0 Å². The second-order valence-electron chi connectivity index (χ2n) is 14.4. The lowest BCUT2D eigenvalue weighted by atomic mass is 9.61. The van der Waals surface area contributed by atoms with E-state index in [2.05, 4.69) is 0 Å². The van der Waals surface area contributed by atoms with Crippen molar-refractivity contribution in [3.05, 3.63) is 23.0 Å². The number of rotatable bonds is 0. The SMILES string of the molecule is CC1=C/C(=C2\[C@@H](C)[C@@H]3C4[C@]3(C)[C@]2(O)C[C@@]23O[C@]4(O)C(=O)[C@@H]2[C@@H]2C[C@H]4C(C)(C)O[C@@H]5CC(=O)O[C@@]54[C@@]3(O)O2)OC1=O. The minimum atomic E-state index is -2.42. The van der Waals surface area contributed by atoms with Crippen molar-refractivity contribution in [1.29, 1.82) is 0 Å². The zero-order valence-corrected chi connectivity index (χ0v) is 22.8. The van der Waals surface area contributed by atoms with Gasteiger partial charge < -0.3 is 39.0 Å². The molecule has 0 aromatic rings. The molecule has 7 aliphatic heterocycles. The number of ether oxygens (including phenoxy) is 5. The highest BCUT2D eigenvalue weighted by molar-refractivity contribution is 5.95. The molecule has 0 amide bonds. The van der Waals surface area contributed by atoms with Crippen LogP contribution in [0.5, 0.6) is 0 Å². The van der Waals surface area contributed by atoms with Gasteiger partial charge in [0.05, 0.1) is 29.6 Å². The molecule has 1 unspecified atom stereocenters. The molecular formula is C29H32O11. The van der Waals surface area contributed by atoms with E-state index in [0.29, 0.717) is 11.1 Å². The van der Waals surface area contributed by atoms with Crippen molar-refractivity contribution >= 4 is 17.7 Å². The number of fused-ring (bicyclic) bond motifs is 6. The summed E-state index contributed by atoms with van der Waals surface area (Å²) in [5, 5.41) is 37.9. The molecular weight excluding hydrogens is 524 g/mol. The van der Waals surface area contributed by atoms with Crippen LogP contribution in [0.15, 0.2) is 23.0 Å². The predicted octanol–water partition coefficient (Wildman–Crippen LogP) is 0.394. The Morgan fingerprint density at radius 2 is 1.77 bits per heavy atom. The Hall–Kier alpha value is -2.15. The lowest BCUT2D eigenvalue weighted by Crippen LogP contribution is -2.74. The van der Waals surface area contributed by atoms with Gasteiger partial charge in [-0.05, 0) is 45.1 Å². The van der Waals surface area contributed by atoms with E-state index in [1.54, 1.807) is 13.0 Å². The zero-order valence-electron chi connectivity index (χ0n) is 22.8. The minimum Gasteiger partial charge on any atom is -0.450 e. The number of esters is 2. The van der Waals surface area contributed by atoms with Crippen LogP contribution >= 0.6 is 0 Å². The van der Waals surface area contributed by atoms with Gasteiger partial charge in [0.15, 0.2) is 0 Å². The first-order valence-electron chi connectivity index (χ1n) is 14.2. The van der Waals surface area contributed by atoms with Crippen LogP contribution in [0, 0.1) is 35.0 Å². The number of aliphatic hydroxyl groups is 3. The second-order valence-corrected chi connectivity index (χ2v) is 14.4. The molecule has 0 aromatic carbocycles. The highest BCUT2D eigenvalue weighted by atomic mass is 16.8. The summed E-state index contributed by atoms with van der Waals surface area (Å²) in [7, 11) is 0. The maximum atomic E-state index is 14.3. The van der Waals surface area contributed by atoms with Gasteiger partial charge in [-0.15, -0.1) is 0 Å². The Morgan fingerprint density at radius 3 is 2.45 bits per heavy atom. The molecule has 9 aliphatic rings. The molecule has 3 N–H and O–H groups in total. The smallest absolute Gasteiger partial charge is 0.339 e. The van der Waals surface area contributed by atoms with Gasteiger partial charge in [-0.3, -0.25) is 9.59 Å². The molecule has 7 heterocycles.